The fourth-order valence-corrected chi connectivity index (χ4v) is 3.54. The molecular weight excluding hydrogens is 421 g/mol. The van der Waals surface area contributed by atoms with Gasteiger partial charge in [-0.3, -0.25) is 19.7 Å². The third kappa shape index (κ3) is 4.30. The summed E-state index contributed by atoms with van der Waals surface area (Å²) in [5, 5.41) is 22.2. The van der Waals surface area contributed by atoms with Gasteiger partial charge < -0.3 is 19.6 Å². The van der Waals surface area contributed by atoms with E-state index in [1.807, 2.05) is 4.90 Å². The van der Waals surface area contributed by atoms with Gasteiger partial charge in [0.05, 0.1) is 23.6 Å². The Kier molecular flexibility index (Phi) is 6.54. The normalized spacial score (nSPS) is 17.8. The van der Waals surface area contributed by atoms with E-state index in [2.05, 4.69) is 0 Å². The van der Waals surface area contributed by atoms with Crippen LogP contribution in [-0.2, 0) is 9.59 Å². The molecule has 1 aliphatic rings. The number of carbonyl (C=O) groups is 2. The summed E-state index contributed by atoms with van der Waals surface area (Å²) >= 11 is 0. The second-order valence-corrected chi connectivity index (χ2v) is 7.50. The lowest BCUT2D eigenvalue weighted by molar-refractivity contribution is -0.384. The summed E-state index contributed by atoms with van der Waals surface area (Å²) in [6, 6.07) is 8.08. The van der Waals surface area contributed by atoms with Gasteiger partial charge in [0.2, 0.25) is 0 Å². The zero-order valence-corrected chi connectivity index (χ0v) is 17.7. The van der Waals surface area contributed by atoms with Gasteiger partial charge in [0.15, 0.2) is 11.6 Å². The number of rotatable bonds is 7. The van der Waals surface area contributed by atoms with Crippen LogP contribution < -0.4 is 4.74 Å². The van der Waals surface area contributed by atoms with Crippen molar-refractivity contribution >= 4 is 23.1 Å². The number of carbonyl (C=O) groups excluding carboxylic acids is 2. The van der Waals surface area contributed by atoms with E-state index in [0.29, 0.717) is 6.54 Å². The molecule has 0 saturated carbocycles. The summed E-state index contributed by atoms with van der Waals surface area (Å²) in [5.74, 6) is -3.19. The van der Waals surface area contributed by atoms with E-state index in [0.717, 1.165) is 6.07 Å². The molecule has 0 aliphatic carbocycles. The van der Waals surface area contributed by atoms with Crippen molar-refractivity contribution in [2.75, 3.05) is 34.3 Å². The Labute approximate surface area is 183 Å². The summed E-state index contributed by atoms with van der Waals surface area (Å²) in [4.78, 5) is 39.5. The molecule has 1 amide bonds. The lowest BCUT2D eigenvalue weighted by Crippen LogP contribution is -2.35. The smallest absolute Gasteiger partial charge is 0.295 e. The Morgan fingerprint density at radius 1 is 1.25 bits per heavy atom. The van der Waals surface area contributed by atoms with Gasteiger partial charge >= 0.3 is 0 Å². The molecule has 1 unspecified atom stereocenters. The molecule has 32 heavy (non-hydrogen) atoms. The van der Waals surface area contributed by atoms with Crippen molar-refractivity contribution in [1.82, 2.24) is 9.80 Å². The van der Waals surface area contributed by atoms with Crippen LogP contribution in [0.2, 0.25) is 0 Å². The number of Topliss-reactive ketones (excluding diaryl/α,β-unsaturated/α-hetero) is 1. The molecule has 3 rings (SSSR count). The first-order valence-corrected chi connectivity index (χ1v) is 9.67. The summed E-state index contributed by atoms with van der Waals surface area (Å²) in [6.07, 6.45) is 0. The van der Waals surface area contributed by atoms with E-state index in [4.69, 9.17) is 4.74 Å². The molecule has 1 saturated heterocycles. The van der Waals surface area contributed by atoms with Crippen LogP contribution in [-0.4, -0.2) is 65.8 Å². The van der Waals surface area contributed by atoms with Crippen LogP contribution in [0.1, 0.15) is 17.2 Å². The topological polar surface area (TPSA) is 113 Å². The van der Waals surface area contributed by atoms with E-state index in [1.54, 1.807) is 14.1 Å². The standard InChI is InChI=1S/C22H22FN3O6/c1-24(2)9-10-25-19(13-5-4-6-15(11-13)26(30)31)18(21(28)22(25)29)20(27)14-7-8-17(32-3)16(23)12-14/h4-8,11-12,19,27H,9-10H2,1-3H3/b20-18+. The van der Waals surface area contributed by atoms with Gasteiger partial charge in [-0.25, -0.2) is 4.39 Å². The predicted octanol–water partition coefficient (Wildman–Crippen LogP) is 2.73. The number of nitro benzene ring substituents is 1. The van der Waals surface area contributed by atoms with Crippen molar-refractivity contribution < 1.29 is 28.7 Å². The molecule has 168 valence electrons. The largest absolute Gasteiger partial charge is 0.507 e. The first-order valence-electron chi connectivity index (χ1n) is 9.67. The Hall–Kier alpha value is -3.79. The molecule has 9 nitrogen and oxygen atoms in total. The molecule has 0 radical (unpaired) electrons. The van der Waals surface area contributed by atoms with E-state index in [-0.39, 0.29) is 34.7 Å². The SMILES string of the molecule is COc1ccc(/C(O)=C2\C(=O)C(=O)N(CCN(C)C)C2c2cccc([N+](=O)[O-])c2)cc1F. The quantitative estimate of drug-likeness (QED) is 0.230. The predicted molar refractivity (Wildman–Crippen MR) is 114 cm³/mol. The number of halogens is 1. The second-order valence-electron chi connectivity index (χ2n) is 7.50. The Morgan fingerprint density at radius 3 is 2.56 bits per heavy atom. The molecule has 1 atom stereocenters. The average Bonchev–Trinajstić information content (AvgIpc) is 3.01. The second kappa shape index (κ2) is 9.15. The number of hydrogen-bond acceptors (Lipinski definition) is 7. The number of hydrogen-bond donors (Lipinski definition) is 1. The number of nitro groups is 1. The minimum absolute atomic E-state index is 0.0238. The lowest BCUT2D eigenvalue weighted by Gasteiger charge is -2.26. The van der Waals surface area contributed by atoms with E-state index < -0.39 is 34.2 Å². The van der Waals surface area contributed by atoms with Gasteiger partial charge in [0.1, 0.15) is 5.76 Å². The van der Waals surface area contributed by atoms with Crippen LogP contribution in [0.4, 0.5) is 10.1 Å². The number of non-ortho nitro benzene ring substituents is 1. The molecule has 2 aromatic carbocycles. The van der Waals surface area contributed by atoms with Crippen molar-refractivity contribution in [3.63, 3.8) is 0 Å². The molecule has 1 heterocycles. The number of ether oxygens (including phenoxy) is 1. The highest BCUT2D eigenvalue weighted by molar-refractivity contribution is 6.46. The monoisotopic (exact) mass is 443 g/mol. The molecule has 2 aromatic rings. The Morgan fingerprint density at radius 2 is 1.97 bits per heavy atom. The van der Waals surface area contributed by atoms with Gasteiger partial charge in [-0.1, -0.05) is 12.1 Å². The van der Waals surface area contributed by atoms with Crippen molar-refractivity contribution in [1.29, 1.82) is 0 Å². The summed E-state index contributed by atoms with van der Waals surface area (Å²) < 4.78 is 19.1. The highest BCUT2D eigenvalue weighted by Crippen LogP contribution is 2.40. The van der Waals surface area contributed by atoms with Gasteiger partial charge in [0, 0.05) is 30.8 Å². The number of likely N-dealkylation sites (N-methyl/N-ethyl adjacent to an activating group) is 1. The Bertz CT molecular complexity index is 1110. The molecule has 1 fully saturated rings. The summed E-state index contributed by atoms with van der Waals surface area (Å²) in [5.41, 5.74) is -0.230. The number of ketones is 1. The van der Waals surface area contributed by atoms with E-state index in [9.17, 15) is 29.2 Å². The molecule has 0 bridgehead atoms. The number of amides is 1. The third-order valence-corrected chi connectivity index (χ3v) is 5.15. The van der Waals surface area contributed by atoms with E-state index in [1.165, 1.54) is 48.4 Å². The van der Waals surface area contributed by atoms with Gasteiger partial charge in [-0.2, -0.15) is 0 Å². The highest BCUT2D eigenvalue weighted by atomic mass is 19.1. The number of nitrogens with zero attached hydrogens (tertiary/aromatic N) is 3. The molecule has 10 heteroatoms. The van der Waals surface area contributed by atoms with Crippen LogP contribution in [0, 0.1) is 15.9 Å². The first-order chi connectivity index (χ1) is 15.1. The highest BCUT2D eigenvalue weighted by Gasteiger charge is 2.46. The van der Waals surface area contributed by atoms with Gasteiger partial charge in [-0.15, -0.1) is 0 Å². The maximum absolute atomic E-state index is 14.2. The number of aliphatic hydroxyl groups is 1. The lowest BCUT2D eigenvalue weighted by atomic mass is 9.95. The van der Waals surface area contributed by atoms with Gasteiger partial charge in [-0.05, 0) is 37.9 Å². The van der Waals surface area contributed by atoms with Crippen LogP contribution >= 0.6 is 0 Å². The fraction of sp³-hybridized carbons (Fsp3) is 0.273. The number of benzene rings is 2. The Balaban J connectivity index is 2.19. The maximum atomic E-state index is 14.2. The van der Waals surface area contributed by atoms with E-state index >= 15 is 0 Å². The van der Waals surface area contributed by atoms with Gasteiger partial charge in [0.25, 0.3) is 17.4 Å². The van der Waals surface area contributed by atoms with Crippen LogP contribution in [0.3, 0.4) is 0 Å². The molecule has 1 aliphatic heterocycles. The average molecular weight is 443 g/mol. The van der Waals surface area contributed by atoms with Crippen molar-refractivity contribution in [3.05, 3.63) is 75.1 Å². The van der Waals surface area contributed by atoms with Crippen molar-refractivity contribution in [2.45, 2.75) is 6.04 Å². The zero-order chi connectivity index (χ0) is 23.6. The fourth-order valence-electron chi connectivity index (χ4n) is 3.54. The number of likely N-dealkylation sites (tertiary alicyclic amines) is 1. The maximum Gasteiger partial charge on any atom is 0.295 e. The number of methoxy groups -OCH3 is 1. The minimum atomic E-state index is -1.07. The third-order valence-electron chi connectivity index (χ3n) is 5.15. The molecule has 0 aromatic heterocycles. The summed E-state index contributed by atoms with van der Waals surface area (Å²) in [6.45, 7) is 0.550. The van der Waals surface area contributed by atoms with Crippen molar-refractivity contribution in [2.24, 2.45) is 0 Å². The number of aliphatic hydroxyl groups excluding tert-OH is 1. The molecular formula is C22H22FN3O6. The molecule has 1 N–H and O–H groups in total. The molecule has 0 spiro atoms. The minimum Gasteiger partial charge on any atom is -0.507 e. The zero-order valence-electron chi connectivity index (χ0n) is 17.7. The summed E-state index contributed by atoms with van der Waals surface area (Å²) in [7, 11) is 4.87. The first kappa shape index (κ1) is 22.9. The van der Waals surface area contributed by atoms with Crippen molar-refractivity contribution in [3.8, 4) is 5.75 Å². The van der Waals surface area contributed by atoms with Crippen LogP contribution in [0.15, 0.2) is 48.0 Å². The van der Waals surface area contributed by atoms with Crippen LogP contribution in [0.25, 0.3) is 5.76 Å². The van der Waals surface area contributed by atoms with Crippen LogP contribution in [0.5, 0.6) is 5.75 Å².